The minimum absolute atomic E-state index is 0.0261. The summed E-state index contributed by atoms with van der Waals surface area (Å²) in [5.74, 6) is 0.720. The van der Waals surface area contributed by atoms with Crippen molar-refractivity contribution in [3.8, 4) is 0 Å². The van der Waals surface area contributed by atoms with Crippen LogP contribution in [-0.2, 0) is 11.3 Å². The molecule has 0 bridgehead atoms. The van der Waals surface area contributed by atoms with Crippen LogP contribution in [0.25, 0.3) is 11.0 Å². The maximum atomic E-state index is 12.0. The number of rotatable bonds is 2. The SMILES string of the molecule is C[C@@H]1CN(Cc2cc(=O)c3ccccc3o2)CCO1. The summed E-state index contributed by atoms with van der Waals surface area (Å²) in [7, 11) is 0. The van der Waals surface area contributed by atoms with Crippen LogP contribution >= 0.6 is 0 Å². The summed E-state index contributed by atoms with van der Waals surface area (Å²) in [6.07, 6.45) is 0.237. The van der Waals surface area contributed by atoms with Gasteiger partial charge in [-0.05, 0) is 19.1 Å². The molecular weight excluding hydrogens is 242 g/mol. The molecule has 1 aliphatic rings. The largest absolute Gasteiger partial charge is 0.459 e. The van der Waals surface area contributed by atoms with Gasteiger partial charge in [-0.15, -0.1) is 0 Å². The first-order valence-corrected chi connectivity index (χ1v) is 6.58. The van der Waals surface area contributed by atoms with E-state index in [-0.39, 0.29) is 11.5 Å². The van der Waals surface area contributed by atoms with Crippen molar-refractivity contribution in [1.82, 2.24) is 4.90 Å². The van der Waals surface area contributed by atoms with Crippen molar-refractivity contribution in [3.63, 3.8) is 0 Å². The summed E-state index contributed by atoms with van der Waals surface area (Å²) >= 11 is 0. The van der Waals surface area contributed by atoms with Crippen molar-refractivity contribution in [2.45, 2.75) is 19.6 Å². The number of nitrogens with zero attached hydrogens (tertiary/aromatic N) is 1. The Morgan fingerprint density at radius 2 is 2.21 bits per heavy atom. The molecule has 1 aromatic carbocycles. The van der Waals surface area contributed by atoms with Crippen LogP contribution in [-0.4, -0.2) is 30.7 Å². The van der Waals surface area contributed by atoms with Gasteiger partial charge in [0.25, 0.3) is 0 Å². The van der Waals surface area contributed by atoms with Gasteiger partial charge < -0.3 is 9.15 Å². The Morgan fingerprint density at radius 3 is 3.05 bits per heavy atom. The number of hydrogen-bond acceptors (Lipinski definition) is 4. The number of morpholine rings is 1. The van der Waals surface area contributed by atoms with E-state index in [9.17, 15) is 4.79 Å². The van der Waals surface area contributed by atoms with Gasteiger partial charge in [-0.1, -0.05) is 12.1 Å². The molecule has 2 aromatic rings. The Hall–Kier alpha value is -1.65. The minimum Gasteiger partial charge on any atom is -0.459 e. The van der Waals surface area contributed by atoms with Gasteiger partial charge in [0, 0.05) is 19.2 Å². The lowest BCUT2D eigenvalue weighted by molar-refractivity contribution is -0.0230. The van der Waals surface area contributed by atoms with E-state index in [4.69, 9.17) is 9.15 Å². The normalized spacial score (nSPS) is 20.8. The summed E-state index contributed by atoms with van der Waals surface area (Å²) in [6.45, 7) is 5.20. The Morgan fingerprint density at radius 1 is 1.37 bits per heavy atom. The molecule has 0 spiro atoms. The van der Waals surface area contributed by atoms with Gasteiger partial charge in [0.2, 0.25) is 0 Å². The fourth-order valence-electron chi connectivity index (χ4n) is 2.49. The first-order valence-electron chi connectivity index (χ1n) is 6.58. The van der Waals surface area contributed by atoms with Crippen molar-refractivity contribution in [2.24, 2.45) is 0 Å². The van der Waals surface area contributed by atoms with Gasteiger partial charge in [-0.3, -0.25) is 9.69 Å². The molecule has 0 unspecified atom stereocenters. The molecule has 1 fully saturated rings. The second kappa shape index (κ2) is 5.15. The second-order valence-corrected chi connectivity index (χ2v) is 4.99. The molecule has 4 heteroatoms. The van der Waals surface area contributed by atoms with E-state index >= 15 is 0 Å². The highest BCUT2D eigenvalue weighted by Crippen LogP contribution is 2.14. The van der Waals surface area contributed by atoms with Gasteiger partial charge in [-0.2, -0.15) is 0 Å². The highest BCUT2D eigenvalue weighted by Gasteiger charge is 2.17. The lowest BCUT2D eigenvalue weighted by Crippen LogP contribution is -2.40. The fourth-order valence-corrected chi connectivity index (χ4v) is 2.49. The van der Waals surface area contributed by atoms with E-state index in [1.807, 2.05) is 18.2 Å². The van der Waals surface area contributed by atoms with E-state index in [0.717, 1.165) is 25.5 Å². The molecule has 0 radical (unpaired) electrons. The number of para-hydroxylation sites is 1. The zero-order valence-electron chi connectivity index (χ0n) is 11.0. The van der Waals surface area contributed by atoms with Crippen molar-refractivity contribution >= 4 is 11.0 Å². The molecular formula is C15H17NO3. The van der Waals surface area contributed by atoms with Crippen LogP contribution in [0.2, 0.25) is 0 Å². The molecule has 0 saturated carbocycles. The van der Waals surface area contributed by atoms with E-state index in [1.165, 1.54) is 0 Å². The van der Waals surface area contributed by atoms with Crippen molar-refractivity contribution in [2.75, 3.05) is 19.7 Å². The average Bonchev–Trinajstić information content (AvgIpc) is 2.39. The molecule has 3 rings (SSSR count). The van der Waals surface area contributed by atoms with Crippen LogP contribution in [0.3, 0.4) is 0 Å². The zero-order chi connectivity index (χ0) is 13.2. The third-order valence-corrected chi connectivity index (χ3v) is 3.39. The van der Waals surface area contributed by atoms with E-state index in [0.29, 0.717) is 17.5 Å². The summed E-state index contributed by atoms with van der Waals surface area (Å²) in [5, 5.41) is 0.640. The number of benzene rings is 1. The van der Waals surface area contributed by atoms with Crippen LogP contribution in [0.1, 0.15) is 12.7 Å². The first kappa shape index (κ1) is 12.4. The molecule has 1 aromatic heterocycles. The molecule has 1 atom stereocenters. The monoisotopic (exact) mass is 259 g/mol. The van der Waals surface area contributed by atoms with Gasteiger partial charge in [0.15, 0.2) is 5.43 Å². The molecule has 0 N–H and O–H groups in total. The molecule has 1 aliphatic heterocycles. The Labute approximate surface area is 111 Å². The fraction of sp³-hybridized carbons (Fsp3) is 0.400. The highest BCUT2D eigenvalue weighted by molar-refractivity contribution is 5.76. The highest BCUT2D eigenvalue weighted by atomic mass is 16.5. The third-order valence-electron chi connectivity index (χ3n) is 3.39. The van der Waals surface area contributed by atoms with E-state index in [2.05, 4.69) is 11.8 Å². The summed E-state index contributed by atoms with van der Waals surface area (Å²) in [4.78, 5) is 14.3. The molecule has 1 saturated heterocycles. The molecule has 0 amide bonds. The first-order chi connectivity index (χ1) is 9.22. The quantitative estimate of drug-likeness (QED) is 0.827. The predicted molar refractivity (Wildman–Crippen MR) is 73.2 cm³/mol. The number of ether oxygens (including phenoxy) is 1. The van der Waals surface area contributed by atoms with E-state index < -0.39 is 0 Å². The average molecular weight is 259 g/mol. The number of hydrogen-bond donors (Lipinski definition) is 0. The molecule has 4 nitrogen and oxygen atoms in total. The molecule has 100 valence electrons. The molecule has 2 heterocycles. The summed E-state index contributed by atoms with van der Waals surface area (Å²) in [5.41, 5.74) is 0.685. The van der Waals surface area contributed by atoms with E-state index in [1.54, 1.807) is 12.1 Å². The summed E-state index contributed by atoms with van der Waals surface area (Å²) < 4.78 is 11.3. The van der Waals surface area contributed by atoms with Gasteiger partial charge in [-0.25, -0.2) is 0 Å². The smallest absolute Gasteiger partial charge is 0.192 e. The predicted octanol–water partition coefficient (Wildman–Crippen LogP) is 2.01. The van der Waals surface area contributed by atoms with Gasteiger partial charge in [0.05, 0.1) is 24.6 Å². The van der Waals surface area contributed by atoms with Gasteiger partial charge in [0.1, 0.15) is 11.3 Å². The second-order valence-electron chi connectivity index (χ2n) is 4.99. The van der Waals surface area contributed by atoms with Crippen LogP contribution in [0.4, 0.5) is 0 Å². The van der Waals surface area contributed by atoms with Crippen molar-refractivity contribution in [1.29, 1.82) is 0 Å². The Balaban J connectivity index is 1.87. The third kappa shape index (κ3) is 2.69. The van der Waals surface area contributed by atoms with Crippen LogP contribution < -0.4 is 5.43 Å². The standard InChI is InChI=1S/C15H17NO3/c1-11-9-16(6-7-18-11)10-12-8-14(17)13-4-2-3-5-15(13)19-12/h2-5,8,11H,6-7,9-10H2,1H3/t11-/m1/s1. The van der Waals surface area contributed by atoms with Crippen LogP contribution in [0, 0.1) is 0 Å². The lowest BCUT2D eigenvalue weighted by Gasteiger charge is -2.30. The molecule has 19 heavy (non-hydrogen) atoms. The Bertz CT molecular complexity index is 635. The van der Waals surface area contributed by atoms with Gasteiger partial charge >= 0.3 is 0 Å². The maximum Gasteiger partial charge on any atom is 0.192 e. The van der Waals surface area contributed by atoms with Crippen LogP contribution in [0.15, 0.2) is 39.5 Å². The Kier molecular flexibility index (Phi) is 3.36. The minimum atomic E-state index is 0.0261. The molecule has 0 aliphatic carbocycles. The van der Waals surface area contributed by atoms with Crippen LogP contribution in [0.5, 0.6) is 0 Å². The lowest BCUT2D eigenvalue weighted by atomic mass is 10.2. The maximum absolute atomic E-state index is 12.0. The summed E-state index contributed by atoms with van der Waals surface area (Å²) in [6, 6.07) is 8.96. The van der Waals surface area contributed by atoms with Crippen molar-refractivity contribution < 1.29 is 9.15 Å². The van der Waals surface area contributed by atoms with Crippen molar-refractivity contribution in [3.05, 3.63) is 46.3 Å². The topological polar surface area (TPSA) is 42.7 Å². The number of fused-ring (bicyclic) bond motifs is 1. The zero-order valence-corrected chi connectivity index (χ0v) is 11.0.